The van der Waals surface area contributed by atoms with E-state index in [1.54, 1.807) is 0 Å². The number of hydrogen-bond donors (Lipinski definition) is 1. The Morgan fingerprint density at radius 3 is 2.85 bits per heavy atom. The van der Waals surface area contributed by atoms with E-state index < -0.39 is 0 Å². The van der Waals surface area contributed by atoms with Crippen molar-refractivity contribution in [3.63, 3.8) is 0 Å². The number of nitrogens with zero attached hydrogens (tertiary/aromatic N) is 2. The molecule has 1 aromatic heterocycles. The average Bonchev–Trinajstić information content (AvgIpc) is 3.24. The Hall–Kier alpha value is -1.81. The molecule has 1 aliphatic carbocycles. The molecule has 0 radical (unpaired) electrons. The van der Waals surface area contributed by atoms with Gasteiger partial charge in [0, 0.05) is 18.8 Å². The van der Waals surface area contributed by atoms with E-state index in [9.17, 15) is 0 Å². The van der Waals surface area contributed by atoms with Crippen molar-refractivity contribution in [3.8, 4) is 5.75 Å². The number of ether oxygens (including phenoxy) is 1. The second-order valence-corrected chi connectivity index (χ2v) is 5.27. The summed E-state index contributed by atoms with van der Waals surface area (Å²) in [5.41, 5.74) is 1.24. The molecule has 4 nitrogen and oxygen atoms in total. The summed E-state index contributed by atoms with van der Waals surface area (Å²) in [5.74, 6) is 1.97. The van der Waals surface area contributed by atoms with Crippen LogP contribution in [0.2, 0.25) is 0 Å². The second-order valence-electron chi connectivity index (χ2n) is 5.27. The average molecular weight is 271 g/mol. The SMILES string of the molecule is Cc1ncc(CNC2CC2)n1CCOc1ccccc1. The van der Waals surface area contributed by atoms with E-state index in [1.165, 1.54) is 18.5 Å². The van der Waals surface area contributed by atoms with Crippen LogP contribution in [0.4, 0.5) is 0 Å². The molecule has 0 saturated heterocycles. The third-order valence-corrected chi connectivity index (χ3v) is 3.61. The van der Waals surface area contributed by atoms with Crippen LogP contribution in [0.3, 0.4) is 0 Å². The smallest absolute Gasteiger partial charge is 0.119 e. The minimum absolute atomic E-state index is 0.664. The molecule has 1 aliphatic rings. The van der Waals surface area contributed by atoms with Gasteiger partial charge in [0.2, 0.25) is 0 Å². The summed E-state index contributed by atoms with van der Waals surface area (Å²) in [6, 6.07) is 10.7. The fourth-order valence-corrected chi connectivity index (χ4v) is 2.27. The van der Waals surface area contributed by atoms with E-state index in [0.717, 1.165) is 30.7 Å². The van der Waals surface area contributed by atoms with Crippen LogP contribution in [-0.2, 0) is 13.1 Å². The Bertz CT molecular complexity index is 546. The Kier molecular flexibility index (Phi) is 4.02. The van der Waals surface area contributed by atoms with Gasteiger partial charge in [0.1, 0.15) is 18.2 Å². The number of benzene rings is 1. The number of aromatic nitrogens is 2. The predicted molar refractivity (Wildman–Crippen MR) is 78.8 cm³/mol. The van der Waals surface area contributed by atoms with Crippen LogP contribution in [0.1, 0.15) is 24.4 Å². The molecular formula is C16H21N3O. The summed E-state index contributed by atoms with van der Waals surface area (Å²) in [7, 11) is 0. The highest BCUT2D eigenvalue weighted by molar-refractivity contribution is 5.20. The van der Waals surface area contributed by atoms with Crippen LogP contribution in [0.25, 0.3) is 0 Å². The highest BCUT2D eigenvalue weighted by Crippen LogP contribution is 2.19. The van der Waals surface area contributed by atoms with Crippen molar-refractivity contribution in [2.45, 2.75) is 38.9 Å². The first-order chi connectivity index (χ1) is 9.83. The lowest BCUT2D eigenvalue weighted by Gasteiger charge is -2.12. The summed E-state index contributed by atoms with van der Waals surface area (Å²) in [5, 5.41) is 3.53. The largest absolute Gasteiger partial charge is 0.492 e. The Labute approximate surface area is 119 Å². The fourth-order valence-electron chi connectivity index (χ4n) is 2.27. The van der Waals surface area contributed by atoms with Gasteiger partial charge in [-0.3, -0.25) is 0 Å². The van der Waals surface area contributed by atoms with Crippen LogP contribution in [0, 0.1) is 6.92 Å². The van der Waals surface area contributed by atoms with Gasteiger partial charge in [-0.15, -0.1) is 0 Å². The summed E-state index contributed by atoms with van der Waals surface area (Å²) >= 11 is 0. The molecule has 106 valence electrons. The zero-order valence-corrected chi connectivity index (χ0v) is 11.9. The van der Waals surface area contributed by atoms with Gasteiger partial charge in [-0.05, 0) is 31.9 Å². The molecule has 3 rings (SSSR count). The lowest BCUT2D eigenvalue weighted by atomic mass is 10.3. The molecule has 1 fully saturated rings. The van der Waals surface area contributed by atoms with Crippen LogP contribution >= 0.6 is 0 Å². The quantitative estimate of drug-likeness (QED) is 0.841. The van der Waals surface area contributed by atoms with Crippen LogP contribution in [-0.4, -0.2) is 22.2 Å². The highest BCUT2D eigenvalue weighted by Gasteiger charge is 2.20. The first kappa shape index (κ1) is 13.2. The molecule has 1 aromatic carbocycles. The lowest BCUT2D eigenvalue weighted by Crippen LogP contribution is -2.20. The summed E-state index contributed by atoms with van der Waals surface area (Å²) in [6.07, 6.45) is 4.59. The molecule has 0 amide bonds. The fraction of sp³-hybridized carbons (Fsp3) is 0.438. The van der Waals surface area contributed by atoms with Gasteiger partial charge in [0.15, 0.2) is 0 Å². The van der Waals surface area contributed by atoms with Crippen LogP contribution in [0.5, 0.6) is 5.75 Å². The normalized spacial score (nSPS) is 14.4. The molecule has 0 spiro atoms. The number of hydrogen-bond acceptors (Lipinski definition) is 3. The number of rotatable bonds is 7. The van der Waals surface area contributed by atoms with Crippen molar-refractivity contribution in [1.82, 2.24) is 14.9 Å². The summed E-state index contributed by atoms with van der Waals surface area (Å²) in [6.45, 7) is 4.44. The summed E-state index contributed by atoms with van der Waals surface area (Å²) in [4.78, 5) is 4.41. The number of para-hydroxylation sites is 1. The Morgan fingerprint density at radius 2 is 2.10 bits per heavy atom. The van der Waals surface area contributed by atoms with Crippen molar-refractivity contribution in [2.24, 2.45) is 0 Å². The van der Waals surface area contributed by atoms with Crippen molar-refractivity contribution < 1.29 is 4.74 Å². The highest BCUT2D eigenvalue weighted by atomic mass is 16.5. The number of aryl methyl sites for hydroxylation is 1. The number of imidazole rings is 1. The number of nitrogens with one attached hydrogen (secondary N) is 1. The third-order valence-electron chi connectivity index (χ3n) is 3.61. The minimum Gasteiger partial charge on any atom is -0.492 e. The molecule has 0 unspecified atom stereocenters. The van der Waals surface area contributed by atoms with Crippen LogP contribution < -0.4 is 10.1 Å². The first-order valence-electron chi connectivity index (χ1n) is 7.25. The van der Waals surface area contributed by atoms with Gasteiger partial charge in [-0.2, -0.15) is 0 Å². The molecule has 1 N–H and O–H groups in total. The molecule has 1 saturated carbocycles. The lowest BCUT2D eigenvalue weighted by molar-refractivity contribution is 0.294. The summed E-state index contributed by atoms with van der Waals surface area (Å²) < 4.78 is 7.99. The Morgan fingerprint density at radius 1 is 1.30 bits per heavy atom. The van der Waals surface area contributed by atoms with E-state index in [2.05, 4.69) is 14.9 Å². The topological polar surface area (TPSA) is 39.1 Å². The molecule has 0 aliphatic heterocycles. The van der Waals surface area contributed by atoms with Crippen molar-refractivity contribution in [1.29, 1.82) is 0 Å². The second kappa shape index (κ2) is 6.09. The van der Waals surface area contributed by atoms with Gasteiger partial charge < -0.3 is 14.6 Å². The van der Waals surface area contributed by atoms with Crippen LogP contribution in [0.15, 0.2) is 36.5 Å². The van der Waals surface area contributed by atoms with Crippen molar-refractivity contribution in [3.05, 3.63) is 48.0 Å². The molecule has 2 aromatic rings. The van der Waals surface area contributed by atoms with Gasteiger partial charge >= 0.3 is 0 Å². The van der Waals surface area contributed by atoms with Crippen molar-refractivity contribution >= 4 is 0 Å². The van der Waals surface area contributed by atoms with E-state index in [0.29, 0.717) is 6.61 Å². The molecule has 1 heterocycles. The zero-order chi connectivity index (χ0) is 13.8. The molecule has 4 heteroatoms. The maximum atomic E-state index is 5.76. The molecule has 20 heavy (non-hydrogen) atoms. The maximum Gasteiger partial charge on any atom is 0.119 e. The van der Waals surface area contributed by atoms with E-state index in [1.807, 2.05) is 43.5 Å². The third kappa shape index (κ3) is 3.39. The Balaban J connectivity index is 1.54. The van der Waals surface area contributed by atoms with E-state index in [-0.39, 0.29) is 0 Å². The monoisotopic (exact) mass is 271 g/mol. The van der Waals surface area contributed by atoms with Gasteiger partial charge in [0.05, 0.1) is 12.2 Å². The predicted octanol–water partition coefficient (Wildman–Crippen LogP) is 2.52. The molecule has 0 bridgehead atoms. The van der Waals surface area contributed by atoms with E-state index in [4.69, 9.17) is 4.74 Å². The van der Waals surface area contributed by atoms with Gasteiger partial charge in [-0.25, -0.2) is 4.98 Å². The van der Waals surface area contributed by atoms with Gasteiger partial charge in [-0.1, -0.05) is 18.2 Å². The maximum absolute atomic E-state index is 5.76. The molecule has 0 atom stereocenters. The standard InChI is InChI=1S/C16H21N3O/c1-13-17-11-15(12-18-14-7-8-14)19(13)9-10-20-16-5-3-2-4-6-16/h2-6,11,14,18H,7-10,12H2,1H3. The zero-order valence-electron chi connectivity index (χ0n) is 11.9. The van der Waals surface area contributed by atoms with Gasteiger partial charge in [0.25, 0.3) is 0 Å². The minimum atomic E-state index is 0.664. The van der Waals surface area contributed by atoms with Crippen molar-refractivity contribution in [2.75, 3.05) is 6.61 Å². The molecular weight excluding hydrogens is 250 g/mol. The first-order valence-corrected chi connectivity index (χ1v) is 7.25. The van der Waals surface area contributed by atoms with E-state index >= 15 is 0 Å².